The largest absolute Gasteiger partial charge is 2.00 e. The van der Waals surface area contributed by atoms with Gasteiger partial charge in [0.15, 0.2) is 0 Å². The summed E-state index contributed by atoms with van der Waals surface area (Å²) in [6.45, 7) is 0. The average molecular weight is 952 g/mol. The van der Waals surface area contributed by atoms with Gasteiger partial charge in [0.25, 0.3) is 0 Å². The minimum Gasteiger partial charge on any atom is 2.00 e. The first-order chi connectivity index (χ1) is 15.4. The van der Waals surface area contributed by atoms with Crippen LogP contribution in [0.15, 0.2) is 0 Å². The molecule has 0 aliphatic heterocycles. The van der Waals surface area contributed by atoms with E-state index in [0.717, 1.165) is 0 Å². The van der Waals surface area contributed by atoms with Crippen LogP contribution in [0.25, 0.3) is 0 Å². The summed E-state index contributed by atoms with van der Waals surface area (Å²) in [7, 11) is 0. The zero-order chi connectivity index (χ0) is 31.2. The molecule has 0 rings (SSSR count). The standard InChI is InChI=1S/6CN.6Cr.18O.3Zn/c6*1-2;;;;;;;;;;;;;;;;;;;;;;;;;;;/q;;;;;;;;;;;;;;;;;;;;;;;;6*-1;3*+2. The second-order valence-electron chi connectivity index (χ2n) is 3.27. The van der Waals surface area contributed by atoms with Gasteiger partial charge in [0, 0.05) is 0 Å². The molecule has 0 saturated heterocycles. The van der Waals surface area contributed by atoms with Crippen LogP contribution in [0.4, 0.5) is 0 Å². The Kier molecular flexibility index (Phi) is 46.0. The van der Waals surface area contributed by atoms with E-state index in [2.05, 4.69) is 0 Å². The second kappa shape index (κ2) is 28.9. The monoisotopic (exact) mass is 947 g/mol. The smallest absolute Gasteiger partial charge is 2.00 e. The molecule has 33 heteroatoms. The molecule has 0 atom stereocenters. The quantitative estimate of drug-likeness (QED) is 0.203. The van der Waals surface area contributed by atoms with E-state index >= 15 is 0 Å². The van der Waals surface area contributed by atoms with Crippen molar-refractivity contribution in [2.45, 2.75) is 0 Å². The molecule has 0 heterocycles. The van der Waals surface area contributed by atoms with Crippen LogP contribution in [0.1, 0.15) is 0 Å². The van der Waals surface area contributed by atoms with Crippen molar-refractivity contribution in [3.63, 3.8) is 0 Å². The van der Waals surface area contributed by atoms with Crippen molar-refractivity contribution in [1.82, 2.24) is 0 Å². The van der Waals surface area contributed by atoms with Gasteiger partial charge in [0.05, 0.1) is 0 Å². The Morgan fingerprint density at radius 3 is 0.308 bits per heavy atom. The molecule has 0 N–H and O–H groups in total. The fraction of sp³-hybridized carbons (Fsp3) is 0. The Morgan fingerprint density at radius 1 is 0.282 bits per heavy atom. The molecule has 0 aromatic carbocycles. The predicted octanol–water partition coefficient (Wildman–Crippen LogP) is -8.48. The minimum absolute atomic E-state index is 0. The third-order valence-corrected chi connectivity index (χ3v) is 2.77. The molecule has 0 aliphatic carbocycles. The molecular formula is C6Cr6N6O18Zn3. The normalized spacial score (nSPS) is 9.23. The van der Waals surface area contributed by atoms with Crippen LogP contribution in [0.3, 0.4) is 0 Å². The molecule has 39 heavy (non-hydrogen) atoms. The molecule has 0 aromatic heterocycles. The molecule has 0 amide bonds. The molecule has 0 fully saturated rings. The van der Waals surface area contributed by atoms with Gasteiger partial charge in [-0.2, -0.15) is 0 Å². The fourth-order valence-electron chi connectivity index (χ4n) is 0. The van der Waals surface area contributed by atoms with Gasteiger partial charge in [-0.15, -0.1) is 0 Å². The van der Waals surface area contributed by atoms with E-state index in [9.17, 15) is 0 Å². The number of hydrogen-bond donors (Lipinski definition) is 0. The Bertz CT molecular complexity index is 1300. The van der Waals surface area contributed by atoms with E-state index < -0.39 is 79.7 Å². The van der Waals surface area contributed by atoms with Crippen LogP contribution in [0.2, 0.25) is 0 Å². The van der Waals surface area contributed by atoms with Crippen molar-refractivity contribution in [3.8, 4) is 29.6 Å². The predicted molar refractivity (Wildman–Crippen MR) is 41.9 cm³/mol. The molecule has 0 saturated carbocycles. The molecule has 0 aliphatic rings. The molecule has 24 nitrogen and oxygen atoms in total. The zero-order valence-electron chi connectivity index (χ0n) is 17.6. The molecule has 0 aromatic rings. The molecule has 0 bridgehead atoms. The fourth-order valence-corrected chi connectivity index (χ4v) is 0. The maximum Gasteiger partial charge on any atom is 2.00 e. The maximum absolute atomic E-state index is 9.16. The van der Waals surface area contributed by atoms with Crippen LogP contribution in [0, 0.1) is 61.2 Å². The first kappa shape index (κ1) is 62.1. The van der Waals surface area contributed by atoms with Gasteiger partial charge in [-0.25, -0.2) is 0 Å². The molecule has 0 spiro atoms. The van der Waals surface area contributed by atoms with E-state index in [1.165, 1.54) is 0 Å². The van der Waals surface area contributed by atoms with Crippen LogP contribution in [-0.4, -0.2) is 0 Å². The van der Waals surface area contributed by atoms with Crippen LogP contribution < -0.4 is 24.9 Å². The Balaban J connectivity index is -0.0000000390. The molecule has 0 unspecified atom stereocenters. The first-order valence-electron chi connectivity index (χ1n) is 5.57. The van der Waals surface area contributed by atoms with Crippen molar-refractivity contribution >= 4 is 0 Å². The SMILES string of the molecule is N#[C][Cr](=[O])(=[O])[O-].N#[C][Cr](=[O])(=[O])[O-].N#[C][Cr](=[O])(=[O])[O-].N#[C][Cr](=[O])(=[O])[O-].N#[C][Cr](=[O])(=[O])[O-].N#[C][Cr](=[O])(=[O])[O-].[Zn+2].[Zn+2].[Zn+2]. The third kappa shape index (κ3) is 155. The van der Waals surface area contributed by atoms with Crippen LogP contribution in [0.5, 0.6) is 0 Å². The van der Waals surface area contributed by atoms with Gasteiger partial charge in [0.1, 0.15) is 0 Å². The Labute approximate surface area is 266 Å². The number of nitrogens with zero attached hydrogens (tertiary/aromatic N) is 6. The van der Waals surface area contributed by atoms with E-state index in [0.29, 0.717) is 29.6 Å². The van der Waals surface area contributed by atoms with Crippen LogP contribution in [-0.2, 0) is 184 Å². The van der Waals surface area contributed by atoms with Gasteiger partial charge >= 0.3 is 270 Å². The summed E-state index contributed by atoms with van der Waals surface area (Å²) < 4.78 is 165. The number of hydrogen-bond acceptors (Lipinski definition) is 24. The first-order valence-corrected chi connectivity index (χ1v) is 18.8. The topological polar surface area (TPSA) is 486 Å². The van der Waals surface area contributed by atoms with Gasteiger partial charge in [-0.05, 0) is 0 Å². The van der Waals surface area contributed by atoms with Gasteiger partial charge in [-0.3, -0.25) is 0 Å². The van der Waals surface area contributed by atoms with Crippen molar-refractivity contribution < 1.29 is 209 Å². The minimum atomic E-state index is -5.22. The zero-order valence-corrected chi connectivity index (χ0v) is 34.2. The molecule has 0 radical (unpaired) electrons. The van der Waals surface area contributed by atoms with E-state index in [1.807, 2.05) is 0 Å². The summed E-state index contributed by atoms with van der Waals surface area (Å²) in [4.78, 5) is 3.56. The molecular weight excluding hydrogens is 952 g/mol. The van der Waals surface area contributed by atoms with Crippen molar-refractivity contribution in [2.24, 2.45) is 0 Å². The van der Waals surface area contributed by atoms with E-state index in [1.54, 1.807) is 0 Å². The van der Waals surface area contributed by atoms with Crippen molar-refractivity contribution in [3.05, 3.63) is 0 Å². The number of rotatable bonds is 0. The molecule has 204 valence electrons. The average Bonchev–Trinajstić information content (AvgIpc) is 2.67. The maximum atomic E-state index is 9.16. The van der Waals surface area contributed by atoms with Gasteiger partial charge in [0.2, 0.25) is 0 Å². The summed E-state index contributed by atoms with van der Waals surface area (Å²) in [5.41, 5.74) is 0. The summed E-state index contributed by atoms with van der Waals surface area (Å²) in [5, 5.41) is 43.7. The van der Waals surface area contributed by atoms with E-state index in [4.69, 9.17) is 102 Å². The Morgan fingerprint density at radius 2 is 0.308 bits per heavy atom. The Hall–Kier alpha value is -0.635. The van der Waals surface area contributed by atoms with Crippen molar-refractivity contribution in [2.75, 3.05) is 0 Å². The summed E-state index contributed by atoms with van der Waals surface area (Å²) in [5.74, 6) is 0. The summed E-state index contributed by atoms with van der Waals surface area (Å²) in [6.07, 6.45) is 0. The van der Waals surface area contributed by atoms with Crippen LogP contribution >= 0.6 is 0 Å². The van der Waals surface area contributed by atoms with Gasteiger partial charge in [-0.1, -0.05) is 0 Å². The summed E-state index contributed by atoms with van der Waals surface area (Å²) >= 11 is -31.3. The van der Waals surface area contributed by atoms with E-state index in [-0.39, 0.29) is 58.4 Å². The second-order valence-corrected chi connectivity index (χ2v) is 13.5. The third-order valence-electron chi connectivity index (χ3n) is 0.671. The number of nitriles is 6. The van der Waals surface area contributed by atoms with Gasteiger partial charge < -0.3 is 0 Å². The van der Waals surface area contributed by atoms with Crippen molar-refractivity contribution in [1.29, 1.82) is 31.6 Å². The summed E-state index contributed by atoms with van der Waals surface area (Å²) in [6, 6.07) is 0.